The summed E-state index contributed by atoms with van der Waals surface area (Å²) in [6, 6.07) is 0. The van der Waals surface area contributed by atoms with E-state index in [0.717, 1.165) is 77.0 Å². The lowest BCUT2D eigenvalue weighted by molar-refractivity contribution is -0.305. The Morgan fingerprint density at radius 2 is 1.05 bits per heavy atom. The summed E-state index contributed by atoms with van der Waals surface area (Å²) in [7, 11) is 0. The smallest absolute Gasteiger partial charge is 0.306 e. The van der Waals surface area contributed by atoms with E-state index >= 15 is 0 Å². The highest BCUT2D eigenvalue weighted by Gasteiger charge is 2.44. The Bertz CT molecular complexity index is 1150. The summed E-state index contributed by atoms with van der Waals surface area (Å²) in [5, 5.41) is 40.0. The van der Waals surface area contributed by atoms with Gasteiger partial charge < -0.3 is 39.4 Å². The molecule has 6 atom stereocenters. The fourth-order valence-electron chi connectivity index (χ4n) is 6.29. The van der Waals surface area contributed by atoms with Gasteiger partial charge in [0.25, 0.3) is 0 Å². The summed E-state index contributed by atoms with van der Waals surface area (Å²) in [5.41, 5.74) is 0. The molecule has 9 nitrogen and oxygen atoms in total. The standard InChI is InChI=1S/C49H82O9/c1-3-5-7-9-11-13-15-16-17-18-19-20-21-22-23-24-25-26-27-28-29-30-32-34-36-38-45(51)57-43(41-55-39-37-35-33-31-14-12-10-8-6-4-2)42-56-49-48(54)47(53)46(52)44(40-50)58-49/h5,7,11,13,16-17,19-20,22-23,25-26,28-29,43-44,46-50,52-54H,3-4,6,8-10,12,14-15,18,21,24,27,30-42H2,1-2H3/b7-5-,13-11-,17-16-,20-19-,23-22-,26-25-,29-28-. The maximum absolute atomic E-state index is 12.8. The molecule has 1 heterocycles. The molecular weight excluding hydrogens is 733 g/mol. The zero-order chi connectivity index (χ0) is 42.2. The van der Waals surface area contributed by atoms with Crippen LogP contribution in [0.3, 0.4) is 0 Å². The van der Waals surface area contributed by atoms with Crippen molar-refractivity contribution in [3.8, 4) is 0 Å². The monoisotopic (exact) mass is 815 g/mol. The number of ether oxygens (including phenoxy) is 4. The van der Waals surface area contributed by atoms with Crippen molar-refractivity contribution in [1.82, 2.24) is 0 Å². The van der Waals surface area contributed by atoms with E-state index in [2.05, 4.69) is 98.9 Å². The third-order valence-corrected chi connectivity index (χ3v) is 9.83. The number of carbonyl (C=O) groups excluding carboxylic acids is 1. The van der Waals surface area contributed by atoms with Crippen LogP contribution >= 0.6 is 0 Å². The summed E-state index contributed by atoms with van der Waals surface area (Å²) in [6.45, 7) is 4.37. The van der Waals surface area contributed by atoms with E-state index < -0.39 is 43.4 Å². The average molecular weight is 815 g/mol. The van der Waals surface area contributed by atoms with Gasteiger partial charge in [-0.05, 0) is 70.6 Å². The predicted molar refractivity (Wildman–Crippen MR) is 237 cm³/mol. The van der Waals surface area contributed by atoms with Crippen LogP contribution in [0.2, 0.25) is 0 Å². The van der Waals surface area contributed by atoms with Crippen molar-refractivity contribution >= 4 is 5.97 Å². The minimum Gasteiger partial charge on any atom is -0.457 e. The third kappa shape index (κ3) is 30.4. The minimum atomic E-state index is -1.55. The van der Waals surface area contributed by atoms with Crippen molar-refractivity contribution in [1.29, 1.82) is 0 Å². The van der Waals surface area contributed by atoms with Gasteiger partial charge in [0.15, 0.2) is 6.29 Å². The van der Waals surface area contributed by atoms with Crippen molar-refractivity contribution in [2.75, 3.05) is 26.4 Å². The lowest BCUT2D eigenvalue weighted by atomic mass is 9.99. The van der Waals surface area contributed by atoms with Gasteiger partial charge in [-0.25, -0.2) is 0 Å². The molecule has 1 saturated heterocycles. The van der Waals surface area contributed by atoms with E-state index in [9.17, 15) is 25.2 Å². The van der Waals surface area contributed by atoms with Crippen LogP contribution in [-0.4, -0.2) is 89.6 Å². The maximum Gasteiger partial charge on any atom is 0.306 e. The van der Waals surface area contributed by atoms with Crippen molar-refractivity contribution < 1.29 is 44.2 Å². The fourth-order valence-corrected chi connectivity index (χ4v) is 6.29. The minimum absolute atomic E-state index is 0.127. The zero-order valence-electron chi connectivity index (χ0n) is 36.3. The van der Waals surface area contributed by atoms with Crippen LogP contribution in [0.15, 0.2) is 85.1 Å². The summed E-state index contributed by atoms with van der Waals surface area (Å²) in [6.07, 6.45) is 46.1. The zero-order valence-corrected chi connectivity index (χ0v) is 36.3. The molecule has 58 heavy (non-hydrogen) atoms. The molecule has 0 radical (unpaired) electrons. The number of allylic oxidation sites excluding steroid dienone is 14. The molecule has 4 N–H and O–H groups in total. The van der Waals surface area contributed by atoms with Gasteiger partial charge in [-0.15, -0.1) is 0 Å². The van der Waals surface area contributed by atoms with Crippen LogP contribution in [0, 0.1) is 0 Å². The van der Waals surface area contributed by atoms with Crippen LogP contribution < -0.4 is 0 Å². The normalized spacial score (nSPS) is 21.1. The number of rotatable bonds is 37. The summed E-state index contributed by atoms with van der Waals surface area (Å²) in [5.74, 6) is -0.349. The highest BCUT2D eigenvalue weighted by atomic mass is 16.7. The molecule has 0 amide bonds. The molecule has 6 unspecified atom stereocenters. The highest BCUT2D eigenvalue weighted by molar-refractivity contribution is 5.69. The Kier molecular flexibility index (Phi) is 36.6. The molecular formula is C49H82O9. The van der Waals surface area contributed by atoms with E-state index in [1.54, 1.807) is 0 Å². The molecule has 1 aliphatic heterocycles. The highest BCUT2D eigenvalue weighted by Crippen LogP contribution is 2.22. The van der Waals surface area contributed by atoms with Crippen LogP contribution in [0.4, 0.5) is 0 Å². The lowest BCUT2D eigenvalue weighted by Crippen LogP contribution is -2.59. The quantitative estimate of drug-likeness (QED) is 0.0275. The average Bonchev–Trinajstić information content (AvgIpc) is 3.22. The molecule has 0 spiro atoms. The van der Waals surface area contributed by atoms with Crippen LogP contribution in [-0.2, 0) is 23.7 Å². The number of esters is 1. The summed E-state index contributed by atoms with van der Waals surface area (Å²) in [4.78, 5) is 12.8. The van der Waals surface area contributed by atoms with Gasteiger partial charge in [-0.3, -0.25) is 4.79 Å². The Labute approximate surface area is 352 Å². The summed E-state index contributed by atoms with van der Waals surface area (Å²) >= 11 is 0. The van der Waals surface area contributed by atoms with E-state index in [4.69, 9.17) is 18.9 Å². The van der Waals surface area contributed by atoms with Crippen molar-refractivity contribution in [3.63, 3.8) is 0 Å². The molecule has 0 bridgehead atoms. The van der Waals surface area contributed by atoms with Gasteiger partial charge in [0.05, 0.1) is 19.8 Å². The number of carbonyl (C=O) groups is 1. The molecule has 0 aromatic carbocycles. The lowest BCUT2D eigenvalue weighted by Gasteiger charge is -2.39. The molecule has 1 rings (SSSR count). The van der Waals surface area contributed by atoms with Gasteiger partial charge in [-0.2, -0.15) is 0 Å². The molecule has 1 aliphatic rings. The second-order valence-corrected chi connectivity index (χ2v) is 15.1. The Balaban J connectivity index is 2.27. The molecule has 0 aromatic heterocycles. The van der Waals surface area contributed by atoms with Crippen molar-refractivity contribution in [2.45, 2.75) is 192 Å². The first-order valence-corrected chi connectivity index (χ1v) is 22.7. The number of hydrogen-bond acceptors (Lipinski definition) is 9. The largest absolute Gasteiger partial charge is 0.457 e. The molecule has 0 aromatic rings. The third-order valence-electron chi connectivity index (χ3n) is 9.83. The second kappa shape index (κ2) is 39.8. The van der Waals surface area contributed by atoms with Gasteiger partial charge in [0, 0.05) is 13.0 Å². The van der Waals surface area contributed by atoms with Gasteiger partial charge in [0.2, 0.25) is 0 Å². The number of aliphatic hydroxyl groups excluding tert-OH is 4. The first-order chi connectivity index (χ1) is 28.4. The fraction of sp³-hybridized carbons (Fsp3) is 0.694. The van der Waals surface area contributed by atoms with Gasteiger partial charge in [0.1, 0.15) is 30.5 Å². The molecule has 332 valence electrons. The van der Waals surface area contributed by atoms with Crippen LogP contribution in [0.1, 0.15) is 155 Å². The second-order valence-electron chi connectivity index (χ2n) is 15.1. The summed E-state index contributed by atoms with van der Waals surface area (Å²) < 4.78 is 22.7. The predicted octanol–water partition coefficient (Wildman–Crippen LogP) is 10.2. The van der Waals surface area contributed by atoms with Crippen molar-refractivity contribution in [2.24, 2.45) is 0 Å². The molecule has 0 aliphatic carbocycles. The van der Waals surface area contributed by atoms with E-state index in [-0.39, 0.29) is 25.6 Å². The Hall–Kier alpha value is -2.63. The topological polar surface area (TPSA) is 135 Å². The Morgan fingerprint density at radius 1 is 0.569 bits per heavy atom. The van der Waals surface area contributed by atoms with E-state index in [1.807, 2.05) is 0 Å². The van der Waals surface area contributed by atoms with Gasteiger partial charge >= 0.3 is 5.97 Å². The maximum atomic E-state index is 12.8. The number of hydrogen-bond donors (Lipinski definition) is 4. The molecule has 9 heteroatoms. The van der Waals surface area contributed by atoms with Crippen molar-refractivity contribution in [3.05, 3.63) is 85.1 Å². The molecule has 0 saturated carbocycles. The molecule has 1 fully saturated rings. The number of unbranched alkanes of at least 4 members (excludes halogenated alkanes) is 12. The number of aliphatic hydroxyl groups is 4. The Morgan fingerprint density at radius 3 is 1.57 bits per heavy atom. The van der Waals surface area contributed by atoms with Crippen LogP contribution in [0.25, 0.3) is 0 Å². The van der Waals surface area contributed by atoms with Gasteiger partial charge in [-0.1, -0.05) is 163 Å². The first-order valence-electron chi connectivity index (χ1n) is 22.7. The van der Waals surface area contributed by atoms with E-state index in [1.165, 1.54) is 51.4 Å². The first kappa shape index (κ1) is 53.4. The SMILES string of the molecule is CC/C=C\C/C=C\C/C=C\C/C=C\C/C=C\C/C=C\C/C=C\CCCCCC(=O)OC(COCCCCCCCCCCCC)COC1OC(CO)C(O)C(O)C1O. The van der Waals surface area contributed by atoms with E-state index in [0.29, 0.717) is 13.0 Å². The van der Waals surface area contributed by atoms with Crippen LogP contribution in [0.5, 0.6) is 0 Å².